The van der Waals surface area contributed by atoms with Gasteiger partial charge in [-0.25, -0.2) is 21.9 Å². The fourth-order valence-corrected chi connectivity index (χ4v) is 2.21. The van der Waals surface area contributed by atoms with E-state index < -0.39 is 32.2 Å². The number of hydrogen-bond donors (Lipinski definition) is 2. The maximum atomic E-state index is 13.4. The quantitative estimate of drug-likeness (QED) is 0.479. The van der Waals surface area contributed by atoms with E-state index in [-0.39, 0.29) is 13.0 Å². The lowest BCUT2D eigenvalue weighted by atomic mass is 10.3. The summed E-state index contributed by atoms with van der Waals surface area (Å²) in [5, 5.41) is 0. The second-order valence-electron chi connectivity index (χ2n) is 3.13. The SMILES string of the molecule is C#CCCNS(=O)(=O)c1ccc(F)c(N)c1F. The van der Waals surface area contributed by atoms with Crippen LogP contribution < -0.4 is 10.5 Å². The van der Waals surface area contributed by atoms with Gasteiger partial charge in [0.05, 0.1) is 0 Å². The number of nitrogens with one attached hydrogen (secondary N) is 1. The van der Waals surface area contributed by atoms with Crippen molar-refractivity contribution in [2.75, 3.05) is 12.3 Å². The molecule has 0 aromatic heterocycles. The minimum Gasteiger partial charge on any atom is -0.394 e. The Kier molecular flexibility index (Phi) is 4.04. The number of sulfonamides is 1. The van der Waals surface area contributed by atoms with Crippen molar-refractivity contribution < 1.29 is 17.2 Å². The lowest BCUT2D eigenvalue weighted by molar-refractivity contribution is 0.548. The maximum Gasteiger partial charge on any atom is 0.243 e. The fourth-order valence-electron chi connectivity index (χ4n) is 1.09. The largest absolute Gasteiger partial charge is 0.394 e. The van der Waals surface area contributed by atoms with E-state index in [1.165, 1.54) is 0 Å². The van der Waals surface area contributed by atoms with Crippen molar-refractivity contribution in [2.24, 2.45) is 0 Å². The van der Waals surface area contributed by atoms with Crippen LogP contribution in [0.2, 0.25) is 0 Å². The average Bonchev–Trinajstić information content (AvgIpc) is 2.26. The molecule has 0 amide bonds. The van der Waals surface area contributed by atoms with E-state index in [0.29, 0.717) is 0 Å². The van der Waals surface area contributed by atoms with E-state index in [1.54, 1.807) is 0 Å². The van der Waals surface area contributed by atoms with Crippen LogP contribution in [0.25, 0.3) is 0 Å². The van der Waals surface area contributed by atoms with Gasteiger partial charge >= 0.3 is 0 Å². The van der Waals surface area contributed by atoms with Gasteiger partial charge in [0.15, 0.2) is 5.82 Å². The smallest absolute Gasteiger partial charge is 0.243 e. The molecule has 0 bridgehead atoms. The number of anilines is 1. The normalized spacial score (nSPS) is 11.1. The molecule has 1 rings (SSSR count). The highest BCUT2D eigenvalue weighted by Crippen LogP contribution is 2.22. The first-order valence-corrected chi connectivity index (χ1v) is 6.05. The zero-order valence-electron chi connectivity index (χ0n) is 8.70. The lowest BCUT2D eigenvalue weighted by Crippen LogP contribution is -2.25. The van der Waals surface area contributed by atoms with Crippen LogP contribution in [0.3, 0.4) is 0 Å². The van der Waals surface area contributed by atoms with Crippen LogP contribution in [0, 0.1) is 24.0 Å². The number of halogens is 2. The second-order valence-corrected chi connectivity index (χ2v) is 4.86. The fraction of sp³-hybridized carbons (Fsp3) is 0.200. The third-order valence-corrected chi connectivity index (χ3v) is 3.42. The summed E-state index contributed by atoms with van der Waals surface area (Å²) in [6.07, 6.45) is 5.11. The predicted octanol–water partition coefficient (Wildman–Crippen LogP) is 0.849. The average molecular weight is 260 g/mol. The Bertz CT molecular complexity index is 564. The molecule has 92 valence electrons. The first-order valence-electron chi connectivity index (χ1n) is 4.56. The van der Waals surface area contributed by atoms with E-state index in [4.69, 9.17) is 12.2 Å². The first kappa shape index (κ1) is 13.4. The van der Waals surface area contributed by atoms with Gasteiger partial charge in [-0.1, -0.05) is 0 Å². The Hall–Kier alpha value is -1.65. The van der Waals surface area contributed by atoms with Gasteiger partial charge in [0.2, 0.25) is 10.0 Å². The van der Waals surface area contributed by atoms with Crippen molar-refractivity contribution >= 4 is 15.7 Å². The highest BCUT2D eigenvalue weighted by Gasteiger charge is 2.21. The molecule has 7 heteroatoms. The number of hydrogen-bond acceptors (Lipinski definition) is 3. The van der Waals surface area contributed by atoms with Crippen LogP contribution in [0.5, 0.6) is 0 Å². The molecule has 0 saturated carbocycles. The summed E-state index contributed by atoms with van der Waals surface area (Å²) in [5.41, 5.74) is 4.23. The molecule has 0 spiro atoms. The van der Waals surface area contributed by atoms with Crippen LogP contribution in [-0.4, -0.2) is 15.0 Å². The Morgan fingerprint density at radius 2 is 2.06 bits per heavy atom. The van der Waals surface area contributed by atoms with E-state index in [0.717, 1.165) is 12.1 Å². The summed E-state index contributed by atoms with van der Waals surface area (Å²) >= 11 is 0. The van der Waals surface area contributed by atoms with Crippen molar-refractivity contribution in [1.29, 1.82) is 0 Å². The summed E-state index contributed by atoms with van der Waals surface area (Å²) in [6.45, 7) is -0.0322. The molecule has 3 N–H and O–H groups in total. The van der Waals surface area contributed by atoms with Gasteiger partial charge in [-0.3, -0.25) is 0 Å². The third-order valence-electron chi connectivity index (χ3n) is 1.94. The number of nitrogen functional groups attached to an aromatic ring is 1. The van der Waals surface area contributed by atoms with Gasteiger partial charge in [0.1, 0.15) is 16.4 Å². The summed E-state index contributed by atoms with van der Waals surface area (Å²) < 4.78 is 51.6. The highest BCUT2D eigenvalue weighted by atomic mass is 32.2. The highest BCUT2D eigenvalue weighted by molar-refractivity contribution is 7.89. The van der Waals surface area contributed by atoms with E-state index >= 15 is 0 Å². The van der Waals surface area contributed by atoms with Crippen molar-refractivity contribution in [3.05, 3.63) is 23.8 Å². The molecule has 0 heterocycles. The molecule has 1 aromatic carbocycles. The van der Waals surface area contributed by atoms with Crippen LogP contribution in [0.15, 0.2) is 17.0 Å². The van der Waals surface area contributed by atoms with Crippen LogP contribution in [0.4, 0.5) is 14.5 Å². The van der Waals surface area contributed by atoms with Crippen molar-refractivity contribution in [2.45, 2.75) is 11.3 Å². The molecule has 0 atom stereocenters. The van der Waals surface area contributed by atoms with Gasteiger partial charge in [-0.2, -0.15) is 0 Å². The molecule has 0 saturated heterocycles. The van der Waals surface area contributed by atoms with E-state index in [9.17, 15) is 17.2 Å². The standard InChI is InChI=1S/C10H10F2N2O2S/c1-2-3-6-14-17(15,16)8-5-4-7(11)10(13)9(8)12/h1,4-5,14H,3,6,13H2. The van der Waals surface area contributed by atoms with Crippen molar-refractivity contribution in [3.63, 3.8) is 0 Å². The zero-order chi connectivity index (χ0) is 13.1. The minimum absolute atomic E-state index is 0.0322. The zero-order valence-corrected chi connectivity index (χ0v) is 9.52. The molecule has 0 aliphatic carbocycles. The molecular formula is C10H10F2N2O2S. The number of benzene rings is 1. The maximum absolute atomic E-state index is 13.4. The third kappa shape index (κ3) is 2.93. The molecule has 0 aliphatic rings. The lowest BCUT2D eigenvalue weighted by Gasteiger charge is -2.08. The summed E-state index contributed by atoms with van der Waals surface area (Å²) in [4.78, 5) is -0.701. The monoisotopic (exact) mass is 260 g/mol. The molecular weight excluding hydrogens is 250 g/mol. The summed E-state index contributed by atoms with van der Waals surface area (Å²) in [6, 6.07) is 1.59. The summed E-state index contributed by atoms with van der Waals surface area (Å²) in [5.74, 6) is -0.0949. The van der Waals surface area contributed by atoms with Crippen molar-refractivity contribution in [3.8, 4) is 12.3 Å². The molecule has 4 nitrogen and oxygen atoms in total. The van der Waals surface area contributed by atoms with Gasteiger partial charge in [0, 0.05) is 13.0 Å². The molecule has 17 heavy (non-hydrogen) atoms. The van der Waals surface area contributed by atoms with Gasteiger partial charge in [-0.05, 0) is 12.1 Å². The van der Waals surface area contributed by atoms with Gasteiger partial charge < -0.3 is 5.73 Å². The van der Waals surface area contributed by atoms with Gasteiger partial charge in [0.25, 0.3) is 0 Å². The topological polar surface area (TPSA) is 72.2 Å². The van der Waals surface area contributed by atoms with E-state index in [2.05, 4.69) is 10.6 Å². The van der Waals surface area contributed by atoms with Crippen LogP contribution in [0.1, 0.15) is 6.42 Å². The van der Waals surface area contributed by atoms with Crippen LogP contribution >= 0.6 is 0 Å². The molecule has 0 fully saturated rings. The molecule has 0 unspecified atom stereocenters. The van der Waals surface area contributed by atoms with Crippen LogP contribution in [-0.2, 0) is 10.0 Å². The molecule has 0 aliphatic heterocycles. The predicted molar refractivity (Wildman–Crippen MR) is 59.4 cm³/mol. The number of nitrogens with two attached hydrogens (primary N) is 1. The first-order chi connectivity index (χ1) is 7.90. The summed E-state index contributed by atoms with van der Waals surface area (Å²) in [7, 11) is -4.07. The molecule has 1 aromatic rings. The van der Waals surface area contributed by atoms with Crippen molar-refractivity contribution in [1.82, 2.24) is 4.72 Å². The minimum atomic E-state index is -4.07. The Labute approximate surface area is 97.9 Å². The second kappa shape index (κ2) is 5.12. The molecule has 0 radical (unpaired) electrons. The Morgan fingerprint density at radius 1 is 1.41 bits per heavy atom. The van der Waals surface area contributed by atoms with Gasteiger partial charge in [-0.15, -0.1) is 12.3 Å². The number of terminal acetylenes is 1. The Balaban J connectivity index is 3.09. The van der Waals surface area contributed by atoms with E-state index in [1.807, 2.05) is 0 Å². The number of rotatable bonds is 4. The Morgan fingerprint density at radius 3 is 2.65 bits per heavy atom.